The van der Waals surface area contributed by atoms with Crippen LogP contribution in [0.5, 0.6) is 0 Å². The molecule has 0 aliphatic heterocycles. The zero-order chi connectivity index (χ0) is 13.9. The minimum Gasteiger partial charge on any atom is -0.282 e. The lowest BCUT2D eigenvalue weighted by atomic mass is 10.2. The predicted molar refractivity (Wildman–Crippen MR) is 79.2 cm³/mol. The molecule has 1 N–H and O–H groups in total. The standard InChI is InChI=1S/C13H11Cl2NO2S/c14-11-7-5-10(6-8-11)9-19(17,18)16-13-4-2-1-3-12(13)15/h1-8,16H,9H2. The highest BCUT2D eigenvalue weighted by atomic mass is 35.5. The largest absolute Gasteiger partial charge is 0.282 e. The normalized spacial score (nSPS) is 11.3. The highest BCUT2D eigenvalue weighted by molar-refractivity contribution is 7.91. The Hall–Kier alpha value is -1.23. The molecule has 2 rings (SSSR count). The van der Waals surface area contributed by atoms with Gasteiger partial charge in [0, 0.05) is 5.02 Å². The third-order valence-electron chi connectivity index (χ3n) is 2.41. The minimum absolute atomic E-state index is 0.130. The lowest BCUT2D eigenvalue weighted by Gasteiger charge is -2.09. The Balaban J connectivity index is 2.15. The Morgan fingerprint density at radius 3 is 2.21 bits per heavy atom. The van der Waals surface area contributed by atoms with Crippen molar-refractivity contribution in [2.24, 2.45) is 0 Å². The molecule has 0 saturated heterocycles. The first-order valence-corrected chi connectivity index (χ1v) is 7.86. The fourth-order valence-electron chi connectivity index (χ4n) is 1.55. The van der Waals surface area contributed by atoms with Gasteiger partial charge in [-0.2, -0.15) is 0 Å². The summed E-state index contributed by atoms with van der Waals surface area (Å²) in [5.41, 5.74) is 1.03. The van der Waals surface area contributed by atoms with Crippen LogP contribution in [0.15, 0.2) is 48.5 Å². The Kier molecular flexibility index (Phi) is 4.34. The molecule has 100 valence electrons. The van der Waals surface area contributed by atoms with Crippen molar-refractivity contribution in [3.8, 4) is 0 Å². The molecular weight excluding hydrogens is 305 g/mol. The third kappa shape index (κ3) is 4.13. The molecule has 0 radical (unpaired) electrons. The van der Waals surface area contributed by atoms with Crippen LogP contribution in [-0.2, 0) is 15.8 Å². The number of hydrogen-bond acceptors (Lipinski definition) is 2. The maximum atomic E-state index is 12.0. The first-order chi connectivity index (χ1) is 8.96. The average Bonchev–Trinajstić information content (AvgIpc) is 2.35. The molecule has 0 heterocycles. The van der Waals surface area contributed by atoms with Gasteiger partial charge in [0.2, 0.25) is 10.0 Å². The number of benzene rings is 2. The molecule has 0 unspecified atom stereocenters. The van der Waals surface area contributed by atoms with Gasteiger partial charge in [-0.1, -0.05) is 47.5 Å². The molecule has 2 aromatic rings. The van der Waals surface area contributed by atoms with E-state index in [1.165, 1.54) is 0 Å². The summed E-state index contributed by atoms with van der Waals surface area (Å²) in [7, 11) is -3.50. The lowest BCUT2D eigenvalue weighted by Crippen LogP contribution is -2.15. The summed E-state index contributed by atoms with van der Waals surface area (Å²) >= 11 is 11.7. The Morgan fingerprint density at radius 2 is 1.58 bits per heavy atom. The smallest absolute Gasteiger partial charge is 0.236 e. The number of halogens is 2. The van der Waals surface area contributed by atoms with E-state index >= 15 is 0 Å². The van der Waals surface area contributed by atoms with Crippen molar-refractivity contribution >= 4 is 38.9 Å². The Morgan fingerprint density at radius 1 is 0.947 bits per heavy atom. The van der Waals surface area contributed by atoms with Gasteiger partial charge in [-0.15, -0.1) is 0 Å². The van der Waals surface area contributed by atoms with Crippen molar-refractivity contribution in [1.82, 2.24) is 0 Å². The molecule has 0 spiro atoms. The van der Waals surface area contributed by atoms with Gasteiger partial charge in [-0.25, -0.2) is 8.42 Å². The van der Waals surface area contributed by atoms with E-state index in [-0.39, 0.29) is 5.75 Å². The van der Waals surface area contributed by atoms with E-state index in [0.29, 0.717) is 21.3 Å². The molecule has 0 bridgehead atoms. The van der Waals surface area contributed by atoms with Gasteiger partial charge in [0.1, 0.15) is 0 Å². The second-order valence-corrected chi connectivity index (χ2v) is 6.53. The fraction of sp³-hybridized carbons (Fsp3) is 0.0769. The van der Waals surface area contributed by atoms with Gasteiger partial charge >= 0.3 is 0 Å². The summed E-state index contributed by atoms with van der Waals surface area (Å²) in [4.78, 5) is 0. The summed E-state index contributed by atoms with van der Waals surface area (Å²) in [6.07, 6.45) is 0. The van der Waals surface area contributed by atoms with Crippen molar-refractivity contribution in [1.29, 1.82) is 0 Å². The molecule has 0 aliphatic carbocycles. The second kappa shape index (κ2) is 5.82. The number of nitrogens with one attached hydrogen (secondary N) is 1. The van der Waals surface area contributed by atoms with E-state index in [1.54, 1.807) is 48.5 Å². The molecular formula is C13H11Cl2NO2S. The molecule has 0 amide bonds. The zero-order valence-electron chi connectivity index (χ0n) is 9.81. The van der Waals surface area contributed by atoms with E-state index in [4.69, 9.17) is 23.2 Å². The Bertz CT molecular complexity index is 669. The molecule has 0 atom stereocenters. The SMILES string of the molecule is O=S(=O)(Cc1ccc(Cl)cc1)Nc1ccccc1Cl. The van der Waals surface area contributed by atoms with Crippen LogP contribution < -0.4 is 4.72 Å². The topological polar surface area (TPSA) is 46.2 Å². The zero-order valence-corrected chi connectivity index (χ0v) is 12.1. The first kappa shape index (κ1) is 14.2. The van der Waals surface area contributed by atoms with E-state index in [9.17, 15) is 8.42 Å². The molecule has 2 aromatic carbocycles. The van der Waals surface area contributed by atoms with Crippen molar-refractivity contribution < 1.29 is 8.42 Å². The van der Waals surface area contributed by atoms with E-state index in [0.717, 1.165) is 0 Å². The highest BCUT2D eigenvalue weighted by Crippen LogP contribution is 2.22. The van der Waals surface area contributed by atoms with Gasteiger partial charge in [0.15, 0.2) is 0 Å². The molecule has 0 aromatic heterocycles. The average molecular weight is 316 g/mol. The van der Waals surface area contributed by atoms with E-state index < -0.39 is 10.0 Å². The van der Waals surface area contributed by atoms with Crippen LogP contribution in [0.3, 0.4) is 0 Å². The quantitative estimate of drug-likeness (QED) is 0.929. The Labute approximate surface area is 122 Å². The van der Waals surface area contributed by atoms with Crippen molar-refractivity contribution in [2.45, 2.75) is 5.75 Å². The number of anilines is 1. The number of hydrogen-bond donors (Lipinski definition) is 1. The van der Waals surface area contributed by atoms with Crippen molar-refractivity contribution in [3.63, 3.8) is 0 Å². The third-order valence-corrected chi connectivity index (χ3v) is 4.24. The van der Waals surface area contributed by atoms with Crippen LogP contribution in [0.1, 0.15) is 5.56 Å². The van der Waals surface area contributed by atoms with Gasteiger partial charge in [-0.05, 0) is 29.8 Å². The fourth-order valence-corrected chi connectivity index (χ4v) is 3.13. The predicted octanol–water partition coefficient (Wildman–Crippen LogP) is 3.94. The van der Waals surface area contributed by atoms with E-state index in [1.807, 2.05) is 0 Å². The van der Waals surface area contributed by atoms with Gasteiger partial charge in [0.05, 0.1) is 16.5 Å². The van der Waals surface area contributed by atoms with Gasteiger partial charge < -0.3 is 0 Å². The molecule has 0 aliphatic rings. The van der Waals surface area contributed by atoms with Gasteiger partial charge in [-0.3, -0.25) is 4.72 Å². The molecule has 19 heavy (non-hydrogen) atoms. The molecule has 0 saturated carbocycles. The van der Waals surface area contributed by atoms with Crippen LogP contribution in [0.25, 0.3) is 0 Å². The van der Waals surface area contributed by atoms with Crippen LogP contribution in [-0.4, -0.2) is 8.42 Å². The summed E-state index contributed by atoms with van der Waals surface area (Å²) in [6, 6.07) is 13.3. The molecule has 3 nitrogen and oxygen atoms in total. The van der Waals surface area contributed by atoms with Crippen LogP contribution >= 0.6 is 23.2 Å². The summed E-state index contributed by atoms with van der Waals surface area (Å²) in [6.45, 7) is 0. The summed E-state index contributed by atoms with van der Waals surface area (Å²) < 4.78 is 26.5. The van der Waals surface area contributed by atoms with Crippen molar-refractivity contribution in [3.05, 3.63) is 64.1 Å². The summed E-state index contributed by atoms with van der Waals surface area (Å²) in [5.74, 6) is -0.130. The lowest BCUT2D eigenvalue weighted by molar-refractivity contribution is 0.600. The minimum atomic E-state index is -3.50. The van der Waals surface area contributed by atoms with E-state index in [2.05, 4.69) is 4.72 Å². The number of sulfonamides is 1. The maximum Gasteiger partial charge on any atom is 0.236 e. The first-order valence-electron chi connectivity index (χ1n) is 5.46. The van der Waals surface area contributed by atoms with Crippen molar-refractivity contribution in [2.75, 3.05) is 4.72 Å². The molecule has 6 heteroatoms. The van der Waals surface area contributed by atoms with Gasteiger partial charge in [0.25, 0.3) is 0 Å². The molecule has 0 fully saturated rings. The second-order valence-electron chi connectivity index (χ2n) is 3.97. The maximum absolute atomic E-state index is 12.0. The monoisotopic (exact) mass is 315 g/mol. The highest BCUT2D eigenvalue weighted by Gasteiger charge is 2.13. The number of para-hydroxylation sites is 1. The van der Waals surface area contributed by atoms with Crippen LogP contribution in [0.2, 0.25) is 10.0 Å². The van der Waals surface area contributed by atoms with Crippen LogP contribution in [0, 0.1) is 0 Å². The van der Waals surface area contributed by atoms with Crippen LogP contribution in [0.4, 0.5) is 5.69 Å². The number of rotatable bonds is 4. The summed E-state index contributed by atoms with van der Waals surface area (Å²) in [5, 5.41) is 0.933.